The molecule has 1 aromatic heterocycles. The summed E-state index contributed by atoms with van der Waals surface area (Å²) in [6.07, 6.45) is 1.94. The number of hydrogen-bond donors (Lipinski definition) is 2. The molecular weight excluding hydrogens is 334 g/mol. The van der Waals surface area contributed by atoms with Crippen molar-refractivity contribution in [3.63, 3.8) is 0 Å². The van der Waals surface area contributed by atoms with E-state index in [1.54, 1.807) is 25.7 Å². The molecule has 1 aromatic rings. The molecule has 2 heterocycles. The van der Waals surface area contributed by atoms with Crippen molar-refractivity contribution in [2.24, 2.45) is 0 Å². The van der Waals surface area contributed by atoms with E-state index in [0.717, 1.165) is 12.8 Å². The molecule has 0 spiro atoms. The minimum absolute atomic E-state index is 0.137. The van der Waals surface area contributed by atoms with Crippen LogP contribution in [-0.4, -0.2) is 50.3 Å². The van der Waals surface area contributed by atoms with Crippen LogP contribution in [0.4, 0.5) is 0 Å². The molecule has 1 saturated heterocycles. The quantitative estimate of drug-likeness (QED) is 0.807. The lowest BCUT2D eigenvalue weighted by molar-refractivity contribution is -0.129. The Kier molecular flexibility index (Phi) is 5.34. The fourth-order valence-electron chi connectivity index (χ4n) is 2.36. The Morgan fingerprint density at radius 1 is 1.21 bits per heavy atom. The zero-order valence-corrected chi connectivity index (χ0v) is 14.9. The van der Waals surface area contributed by atoms with Crippen molar-refractivity contribution < 1.29 is 22.4 Å². The van der Waals surface area contributed by atoms with E-state index in [1.165, 1.54) is 12.1 Å². The van der Waals surface area contributed by atoms with Gasteiger partial charge in [-0.25, -0.2) is 13.1 Å². The van der Waals surface area contributed by atoms with Gasteiger partial charge in [-0.1, -0.05) is 0 Å². The molecule has 0 saturated carbocycles. The van der Waals surface area contributed by atoms with Crippen molar-refractivity contribution in [3.8, 4) is 0 Å². The molecule has 0 aliphatic carbocycles. The molecule has 2 amide bonds. The van der Waals surface area contributed by atoms with Crippen LogP contribution in [0.5, 0.6) is 0 Å². The van der Waals surface area contributed by atoms with Crippen LogP contribution in [0.2, 0.25) is 0 Å². The van der Waals surface area contributed by atoms with Crippen LogP contribution in [0.25, 0.3) is 0 Å². The first kappa shape index (κ1) is 18.5. The highest BCUT2D eigenvalue weighted by Crippen LogP contribution is 2.16. The second-order valence-electron chi connectivity index (χ2n) is 6.74. The zero-order valence-electron chi connectivity index (χ0n) is 14.1. The van der Waals surface area contributed by atoms with E-state index in [2.05, 4.69) is 10.0 Å². The molecule has 1 aliphatic heterocycles. The van der Waals surface area contributed by atoms with Gasteiger partial charge < -0.3 is 14.6 Å². The topological polar surface area (TPSA) is 109 Å². The van der Waals surface area contributed by atoms with Gasteiger partial charge in [0.05, 0.1) is 6.54 Å². The number of rotatable bonds is 5. The van der Waals surface area contributed by atoms with E-state index in [-0.39, 0.29) is 23.3 Å². The highest BCUT2D eigenvalue weighted by atomic mass is 32.2. The second-order valence-corrected chi connectivity index (χ2v) is 8.36. The van der Waals surface area contributed by atoms with Gasteiger partial charge in [0.25, 0.3) is 15.9 Å². The van der Waals surface area contributed by atoms with Crippen LogP contribution in [0.15, 0.2) is 21.6 Å². The number of carbonyl (C=O) groups excluding carboxylic acids is 2. The average Bonchev–Trinajstić information content (AvgIpc) is 3.12. The van der Waals surface area contributed by atoms with Gasteiger partial charge in [-0.15, -0.1) is 0 Å². The molecule has 0 aromatic carbocycles. The van der Waals surface area contributed by atoms with Gasteiger partial charge >= 0.3 is 0 Å². The molecule has 0 atom stereocenters. The minimum atomic E-state index is -3.85. The summed E-state index contributed by atoms with van der Waals surface area (Å²) >= 11 is 0. The van der Waals surface area contributed by atoms with E-state index < -0.39 is 21.5 Å². The first-order chi connectivity index (χ1) is 11.1. The number of hydrogen-bond acceptors (Lipinski definition) is 5. The maximum absolute atomic E-state index is 12.1. The predicted molar refractivity (Wildman–Crippen MR) is 86.9 cm³/mol. The molecule has 9 heteroatoms. The van der Waals surface area contributed by atoms with E-state index in [0.29, 0.717) is 13.1 Å². The van der Waals surface area contributed by atoms with Gasteiger partial charge in [-0.2, -0.15) is 0 Å². The van der Waals surface area contributed by atoms with Gasteiger partial charge in [0.1, 0.15) is 0 Å². The third-order valence-electron chi connectivity index (χ3n) is 3.37. The van der Waals surface area contributed by atoms with Gasteiger partial charge in [0.2, 0.25) is 11.0 Å². The van der Waals surface area contributed by atoms with Crippen molar-refractivity contribution in [2.75, 3.05) is 19.6 Å². The van der Waals surface area contributed by atoms with Crippen LogP contribution in [-0.2, 0) is 14.8 Å². The zero-order chi connectivity index (χ0) is 18.0. The normalized spacial score (nSPS) is 15.5. The van der Waals surface area contributed by atoms with Crippen molar-refractivity contribution in [2.45, 2.75) is 44.2 Å². The Bertz CT molecular complexity index is 712. The number of furan rings is 1. The highest BCUT2D eigenvalue weighted by Gasteiger charge is 2.26. The fourth-order valence-corrected chi connectivity index (χ4v) is 3.71. The standard InChI is InChI=1S/C15H23N3O5S/c1-15(2,3)17-24(21,22)13-7-6-11(23-13)14(20)16-10-12(19)18-8-4-5-9-18/h6-7,17H,4-5,8-10H2,1-3H3,(H,16,20). The van der Waals surface area contributed by atoms with Crippen LogP contribution in [0.1, 0.15) is 44.2 Å². The average molecular weight is 357 g/mol. The molecule has 2 rings (SSSR count). The molecule has 2 N–H and O–H groups in total. The number of nitrogens with one attached hydrogen (secondary N) is 2. The van der Waals surface area contributed by atoms with Crippen molar-refractivity contribution in [1.82, 2.24) is 14.9 Å². The van der Waals surface area contributed by atoms with Gasteiger partial charge in [-0.3, -0.25) is 9.59 Å². The molecule has 24 heavy (non-hydrogen) atoms. The molecule has 0 radical (unpaired) electrons. The first-order valence-electron chi connectivity index (χ1n) is 7.78. The summed E-state index contributed by atoms with van der Waals surface area (Å²) in [7, 11) is -3.85. The molecule has 0 bridgehead atoms. The summed E-state index contributed by atoms with van der Waals surface area (Å²) in [5.41, 5.74) is -0.670. The Morgan fingerprint density at radius 3 is 2.42 bits per heavy atom. The second kappa shape index (κ2) is 6.94. The molecule has 1 fully saturated rings. The molecule has 134 valence electrons. The van der Waals surface area contributed by atoms with Crippen molar-refractivity contribution in [3.05, 3.63) is 17.9 Å². The van der Waals surface area contributed by atoms with Crippen molar-refractivity contribution >= 4 is 21.8 Å². The molecule has 0 unspecified atom stereocenters. The number of carbonyl (C=O) groups is 2. The smallest absolute Gasteiger partial charge is 0.287 e. The SMILES string of the molecule is CC(C)(C)NS(=O)(=O)c1ccc(C(=O)NCC(=O)N2CCCC2)o1. The van der Waals surface area contributed by atoms with Crippen LogP contribution < -0.4 is 10.0 Å². The largest absolute Gasteiger partial charge is 0.438 e. The summed E-state index contributed by atoms with van der Waals surface area (Å²) < 4.78 is 31.8. The minimum Gasteiger partial charge on any atom is -0.438 e. The number of likely N-dealkylation sites (tertiary alicyclic amines) is 1. The van der Waals surface area contributed by atoms with Crippen LogP contribution >= 0.6 is 0 Å². The van der Waals surface area contributed by atoms with E-state index in [9.17, 15) is 18.0 Å². The number of amides is 2. The third kappa shape index (κ3) is 4.81. The maximum Gasteiger partial charge on any atom is 0.287 e. The third-order valence-corrected chi connectivity index (χ3v) is 5.00. The Balaban J connectivity index is 1.97. The molecule has 8 nitrogen and oxygen atoms in total. The van der Waals surface area contributed by atoms with Crippen LogP contribution in [0, 0.1) is 0 Å². The summed E-state index contributed by atoms with van der Waals surface area (Å²) in [6.45, 7) is 6.37. The Hall–Kier alpha value is -1.87. The Labute approximate surface area is 141 Å². The lowest BCUT2D eigenvalue weighted by Gasteiger charge is -2.19. The number of nitrogens with zero attached hydrogens (tertiary/aromatic N) is 1. The molecule has 1 aliphatic rings. The lowest BCUT2D eigenvalue weighted by atomic mass is 10.1. The highest BCUT2D eigenvalue weighted by molar-refractivity contribution is 7.89. The molecular formula is C15H23N3O5S. The van der Waals surface area contributed by atoms with Gasteiger partial charge in [0, 0.05) is 18.6 Å². The van der Waals surface area contributed by atoms with E-state index >= 15 is 0 Å². The summed E-state index contributed by atoms with van der Waals surface area (Å²) in [4.78, 5) is 25.6. The maximum atomic E-state index is 12.1. The van der Waals surface area contributed by atoms with Gasteiger partial charge in [0.15, 0.2) is 5.76 Å². The van der Waals surface area contributed by atoms with E-state index in [4.69, 9.17) is 4.42 Å². The van der Waals surface area contributed by atoms with Gasteiger partial charge in [-0.05, 0) is 45.7 Å². The summed E-state index contributed by atoms with van der Waals surface area (Å²) in [5.74, 6) is -0.937. The monoisotopic (exact) mass is 357 g/mol. The van der Waals surface area contributed by atoms with Crippen molar-refractivity contribution in [1.29, 1.82) is 0 Å². The first-order valence-corrected chi connectivity index (χ1v) is 9.27. The summed E-state index contributed by atoms with van der Waals surface area (Å²) in [5, 5.41) is 2.11. The lowest BCUT2D eigenvalue weighted by Crippen LogP contribution is -2.40. The van der Waals surface area contributed by atoms with Crippen LogP contribution in [0.3, 0.4) is 0 Å². The summed E-state index contributed by atoms with van der Waals surface area (Å²) in [6, 6.07) is 2.48. The van der Waals surface area contributed by atoms with E-state index in [1.807, 2.05) is 0 Å². The number of sulfonamides is 1. The fraction of sp³-hybridized carbons (Fsp3) is 0.600. The predicted octanol–water partition coefficient (Wildman–Crippen LogP) is 0.709. The Morgan fingerprint density at radius 2 is 1.83 bits per heavy atom.